The van der Waals surface area contributed by atoms with E-state index in [2.05, 4.69) is 29.2 Å². The third-order valence-electron chi connectivity index (χ3n) is 2.36. The van der Waals surface area contributed by atoms with E-state index in [4.69, 9.17) is 5.14 Å². The minimum atomic E-state index is 0.918. The highest BCUT2D eigenvalue weighted by molar-refractivity contribution is 7.99. The summed E-state index contributed by atoms with van der Waals surface area (Å²) in [4.78, 5) is 4.44. The minimum absolute atomic E-state index is 0.918. The van der Waals surface area contributed by atoms with Crippen molar-refractivity contribution in [1.29, 1.82) is 0 Å². The van der Waals surface area contributed by atoms with Crippen molar-refractivity contribution < 1.29 is 0 Å². The van der Waals surface area contributed by atoms with E-state index in [9.17, 15) is 0 Å². The maximum atomic E-state index is 5.52. The van der Waals surface area contributed by atoms with Gasteiger partial charge in [-0.05, 0) is 23.4 Å². The summed E-state index contributed by atoms with van der Waals surface area (Å²) in [6, 6.07) is 12.5. The summed E-state index contributed by atoms with van der Waals surface area (Å²) in [6.07, 6.45) is 0. The Kier molecular flexibility index (Phi) is 2.12. The van der Waals surface area contributed by atoms with Gasteiger partial charge >= 0.3 is 0 Å². The standard InChI is InChI=1S/C11H8N2S2/c12-15-11-13-9-6-5-7-3-1-2-4-8(7)10(9)14-11/h1-6H,12H2. The van der Waals surface area contributed by atoms with Gasteiger partial charge in [-0.15, -0.1) is 11.3 Å². The average Bonchev–Trinajstić information content (AvgIpc) is 2.72. The number of nitrogens with two attached hydrogens (primary N) is 1. The molecule has 0 fully saturated rings. The van der Waals surface area contributed by atoms with Gasteiger partial charge in [-0.25, -0.2) is 4.98 Å². The maximum absolute atomic E-state index is 5.52. The summed E-state index contributed by atoms with van der Waals surface area (Å²) in [7, 11) is 0. The Morgan fingerprint density at radius 2 is 2.00 bits per heavy atom. The molecule has 0 saturated heterocycles. The molecule has 0 amide bonds. The van der Waals surface area contributed by atoms with Gasteiger partial charge in [0.15, 0.2) is 4.34 Å². The van der Waals surface area contributed by atoms with E-state index in [1.54, 1.807) is 11.3 Å². The van der Waals surface area contributed by atoms with E-state index in [-0.39, 0.29) is 0 Å². The molecule has 0 unspecified atom stereocenters. The Morgan fingerprint density at radius 1 is 1.13 bits per heavy atom. The molecule has 0 aliphatic carbocycles. The fraction of sp³-hybridized carbons (Fsp3) is 0. The lowest BCUT2D eigenvalue weighted by molar-refractivity contribution is 1.31. The van der Waals surface area contributed by atoms with Crippen LogP contribution in [-0.2, 0) is 0 Å². The monoisotopic (exact) mass is 232 g/mol. The smallest absolute Gasteiger partial charge is 0.165 e. The van der Waals surface area contributed by atoms with Gasteiger partial charge in [-0.1, -0.05) is 30.3 Å². The van der Waals surface area contributed by atoms with Gasteiger partial charge in [-0.3, -0.25) is 5.14 Å². The first-order chi connectivity index (χ1) is 7.38. The van der Waals surface area contributed by atoms with E-state index >= 15 is 0 Å². The number of hydrogen-bond acceptors (Lipinski definition) is 4. The summed E-state index contributed by atoms with van der Waals surface area (Å²) in [5, 5.41) is 8.03. The predicted octanol–water partition coefficient (Wildman–Crippen LogP) is 3.42. The predicted molar refractivity (Wildman–Crippen MR) is 67.2 cm³/mol. The zero-order valence-electron chi connectivity index (χ0n) is 7.81. The molecular formula is C11H8N2S2. The molecule has 1 heterocycles. The first-order valence-corrected chi connectivity index (χ1v) is 6.23. The second-order valence-electron chi connectivity index (χ2n) is 3.23. The highest BCUT2D eigenvalue weighted by Crippen LogP contribution is 2.32. The number of rotatable bonds is 1. The van der Waals surface area contributed by atoms with Crippen LogP contribution in [0.15, 0.2) is 40.7 Å². The molecule has 2 aromatic carbocycles. The lowest BCUT2D eigenvalue weighted by Gasteiger charge is -1.96. The van der Waals surface area contributed by atoms with Crippen molar-refractivity contribution in [2.24, 2.45) is 5.14 Å². The first kappa shape index (κ1) is 9.15. The van der Waals surface area contributed by atoms with Crippen LogP contribution < -0.4 is 5.14 Å². The molecule has 0 atom stereocenters. The van der Waals surface area contributed by atoms with Gasteiger partial charge in [0.2, 0.25) is 0 Å². The number of nitrogens with zero attached hydrogens (tertiary/aromatic N) is 1. The Morgan fingerprint density at radius 3 is 2.87 bits per heavy atom. The lowest BCUT2D eigenvalue weighted by Crippen LogP contribution is -1.75. The summed E-state index contributed by atoms with van der Waals surface area (Å²) < 4.78 is 2.14. The van der Waals surface area contributed by atoms with Crippen LogP contribution in [0.4, 0.5) is 0 Å². The Hall–Kier alpha value is -1.10. The fourth-order valence-electron chi connectivity index (χ4n) is 1.69. The molecule has 2 nitrogen and oxygen atoms in total. The number of thiazole rings is 1. The van der Waals surface area contributed by atoms with Crippen LogP contribution in [0.2, 0.25) is 0 Å². The van der Waals surface area contributed by atoms with Crippen LogP contribution in [0.5, 0.6) is 0 Å². The van der Waals surface area contributed by atoms with Crippen LogP contribution in [0.25, 0.3) is 21.0 Å². The highest BCUT2D eigenvalue weighted by atomic mass is 32.2. The number of aromatic nitrogens is 1. The number of benzene rings is 2. The second-order valence-corrected chi connectivity index (χ2v) is 5.11. The van der Waals surface area contributed by atoms with E-state index < -0.39 is 0 Å². The normalized spacial score (nSPS) is 11.3. The molecule has 3 rings (SSSR count). The van der Waals surface area contributed by atoms with Crippen molar-refractivity contribution in [1.82, 2.24) is 4.98 Å². The molecular weight excluding hydrogens is 224 g/mol. The molecule has 4 heteroatoms. The van der Waals surface area contributed by atoms with Gasteiger partial charge in [0.05, 0.1) is 10.2 Å². The first-order valence-electron chi connectivity index (χ1n) is 4.53. The summed E-state index contributed by atoms with van der Waals surface area (Å²) in [5.74, 6) is 0. The van der Waals surface area contributed by atoms with E-state index in [1.165, 1.54) is 27.4 Å². The molecule has 15 heavy (non-hydrogen) atoms. The van der Waals surface area contributed by atoms with Crippen molar-refractivity contribution in [3.63, 3.8) is 0 Å². The van der Waals surface area contributed by atoms with Crippen molar-refractivity contribution in [2.75, 3.05) is 0 Å². The molecule has 0 aliphatic heterocycles. The molecule has 0 spiro atoms. The Labute approximate surface area is 95.3 Å². The van der Waals surface area contributed by atoms with Gasteiger partial charge < -0.3 is 0 Å². The molecule has 1 aromatic heterocycles. The zero-order valence-corrected chi connectivity index (χ0v) is 9.44. The van der Waals surface area contributed by atoms with Crippen LogP contribution >= 0.6 is 23.3 Å². The van der Waals surface area contributed by atoms with Gasteiger partial charge in [0.25, 0.3) is 0 Å². The molecule has 0 bridgehead atoms. The SMILES string of the molecule is NSc1nc2ccc3ccccc3c2s1. The summed E-state index contributed by atoms with van der Waals surface area (Å²) in [6.45, 7) is 0. The second kappa shape index (κ2) is 3.48. The third kappa shape index (κ3) is 1.42. The van der Waals surface area contributed by atoms with Crippen LogP contribution in [0, 0.1) is 0 Å². The van der Waals surface area contributed by atoms with Crippen LogP contribution in [-0.4, -0.2) is 4.98 Å². The van der Waals surface area contributed by atoms with Crippen LogP contribution in [0.1, 0.15) is 0 Å². The third-order valence-corrected chi connectivity index (χ3v) is 4.09. The van der Waals surface area contributed by atoms with Gasteiger partial charge in [0.1, 0.15) is 0 Å². The molecule has 2 N–H and O–H groups in total. The van der Waals surface area contributed by atoms with E-state index in [1.807, 2.05) is 12.1 Å². The van der Waals surface area contributed by atoms with Gasteiger partial charge in [-0.2, -0.15) is 0 Å². The molecule has 74 valence electrons. The molecule has 3 aromatic rings. The van der Waals surface area contributed by atoms with E-state index in [0.717, 1.165) is 9.86 Å². The largest absolute Gasteiger partial charge is 0.272 e. The highest BCUT2D eigenvalue weighted by Gasteiger charge is 2.06. The molecule has 0 aliphatic rings. The van der Waals surface area contributed by atoms with Crippen molar-refractivity contribution in [3.05, 3.63) is 36.4 Å². The summed E-state index contributed by atoms with van der Waals surface area (Å²) in [5.41, 5.74) is 1.03. The van der Waals surface area contributed by atoms with Gasteiger partial charge in [0, 0.05) is 5.39 Å². The lowest BCUT2D eigenvalue weighted by atomic mass is 10.1. The minimum Gasteiger partial charge on any atom is -0.272 e. The van der Waals surface area contributed by atoms with E-state index in [0.29, 0.717) is 0 Å². The van der Waals surface area contributed by atoms with Crippen molar-refractivity contribution >= 4 is 44.3 Å². The summed E-state index contributed by atoms with van der Waals surface area (Å²) >= 11 is 2.86. The fourth-order valence-corrected chi connectivity index (χ4v) is 3.11. The number of hydrogen-bond donors (Lipinski definition) is 1. The molecule has 0 saturated carbocycles. The van der Waals surface area contributed by atoms with Crippen molar-refractivity contribution in [2.45, 2.75) is 4.34 Å². The quantitative estimate of drug-likeness (QED) is 0.653. The average molecular weight is 232 g/mol. The number of fused-ring (bicyclic) bond motifs is 3. The Balaban J connectivity index is 2.47. The van der Waals surface area contributed by atoms with Crippen molar-refractivity contribution in [3.8, 4) is 0 Å². The van der Waals surface area contributed by atoms with Crippen LogP contribution in [0.3, 0.4) is 0 Å². The zero-order chi connectivity index (χ0) is 10.3. The maximum Gasteiger partial charge on any atom is 0.165 e. The Bertz CT molecular complexity index is 631. The molecule has 0 radical (unpaired) electrons. The topological polar surface area (TPSA) is 38.9 Å².